The standard InChI is InChI=1S/C23H24FN3O3/c1-16(2)15-30-20-9-3-17(4-10-20)13-14-25-23(29)21-11-12-22(28)27(26-21)19-7-5-18(24)6-8-19/h3-12,16H,13-15H2,1-2H3,(H,25,29). The Kier molecular flexibility index (Phi) is 6.95. The zero-order valence-corrected chi connectivity index (χ0v) is 17.0. The molecular weight excluding hydrogens is 385 g/mol. The Bertz CT molecular complexity index is 1040. The predicted molar refractivity (Wildman–Crippen MR) is 113 cm³/mol. The van der Waals surface area contributed by atoms with Gasteiger partial charge < -0.3 is 10.1 Å². The molecule has 1 N–H and O–H groups in total. The molecule has 0 radical (unpaired) electrons. The van der Waals surface area contributed by atoms with Gasteiger partial charge in [-0.3, -0.25) is 9.59 Å². The molecule has 1 amide bonds. The van der Waals surface area contributed by atoms with Crippen molar-refractivity contribution < 1.29 is 13.9 Å². The number of benzene rings is 2. The van der Waals surface area contributed by atoms with Crippen LogP contribution in [0.2, 0.25) is 0 Å². The Morgan fingerprint density at radius 2 is 1.77 bits per heavy atom. The largest absolute Gasteiger partial charge is 0.493 e. The maximum absolute atomic E-state index is 13.1. The van der Waals surface area contributed by atoms with Gasteiger partial charge in [0.25, 0.3) is 11.5 Å². The second-order valence-electron chi connectivity index (χ2n) is 7.30. The number of rotatable bonds is 8. The number of hydrogen-bond acceptors (Lipinski definition) is 4. The number of hydrogen-bond donors (Lipinski definition) is 1. The highest BCUT2D eigenvalue weighted by Crippen LogP contribution is 2.13. The van der Waals surface area contributed by atoms with Gasteiger partial charge in [0.2, 0.25) is 0 Å². The Morgan fingerprint density at radius 1 is 1.07 bits per heavy atom. The molecule has 0 atom stereocenters. The van der Waals surface area contributed by atoms with E-state index in [0.29, 0.717) is 31.2 Å². The van der Waals surface area contributed by atoms with Crippen LogP contribution in [0.4, 0.5) is 4.39 Å². The highest BCUT2D eigenvalue weighted by atomic mass is 19.1. The van der Waals surface area contributed by atoms with Gasteiger partial charge in [-0.05, 0) is 60.4 Å². The maximum Gasteiger partial charge on any atom is 0.271 e. The summed E-state index contributed by atoms with van der Waals surface area (Å²) >= 11 is 0. The van der Waals surface area contributed by atoms with E-state index in [4.69, 9.17) is 4.74 Å². The molecule has 6 nitrogen and oxygen atoms in total. The smallest absolute Gasteiger partial charge is 0.271 e. The lowest BCUT2D eigenvalue weighted by Gasteiger charge is -2.10. The van der Waals surface area contributed by atoms with Crippen molar-refractivity contribution in [3.8, 4) is 11.4 Å². The summed E-state index contributed by atoms with van der Waals surface area (Å²) < 4.78 is 19.8. The molecule has 0 bridgehead atoms. The number of carbonyl (C=O) groups is 1. The van der Waals surface area contributed by atoms with Crippen molar-refractivity contribution in [3.05, 3.63) is 88.1 Å². The Hall–Kier alpha value is -3.48. The highest BCUT2D eigenvalue weighted by Gasteiger charge is 2.10. The number of ether oxygens (including phenoxy) is 1. The zero-order chi connectivity index (χ0) is 21.5. The minimum Gasteiger partial charge on any atom is -0.493 e. The van der Waals surface area contributed by atoms with Crippen LogP contribution in [0.1, 0.15) is 29.9 Å². The Balaban J connectivity index is 1.58. The first-order valence-electron chi connectivity index (χ1n) is 9.78. The third-order valence-electron chi connectivity index (χ3n) is 4.31. The molecule has 0 spiro atoms. The quantitative estimate of drug-likeness (QED) is 0.619. The van der Waals surface area contributed by atoms with Crippen molar-refractivity contribution >= 4 is 5.91 Å². The van der Waals surface area contributed by atoms with Crippen LogP contribution in [0.5, 0.6) is 5.75 Å². The normalized spacial score (nSPS) is 10.8. The number of nitrogens with one attached hydrogen (secondary N) is 1. The van der Waals surface area contributed by atoms with Gasteiger partial charge in [-0.2, -0.15) is 9.78 Å². The fraction of sp³-hybridized carbons (Fsp3) is 0.261. The van der Waals surface area contributed by atoms with Gasteiger partial charge >= 0.3 is 0 Å². The summed E-state index contributed by atoms with van der Waals surface area (Å²) in [4.78, 5) is 24.5. The van der Waals surface area contributed by atoms with Crippen LogP contribution in [0.25, 0.3) is 5.69 Å². The van der Waals surface area contributed by atoms with Gasteiger partial charge in [-0.15, -0.1) is 0 Å². The topological polar surface area (TPSA) is 73.2 Å². The minimum absolute atomic E-state index is 0.108. The van der Waals surface area contributed by atoms with Gasteiger partial charge in [0.05, 0.1) is 12.3 Å². The number of aromatic nitrogens is 2. The van der Waals surface area contributed by atoms with Crippen LogP contribution >= 0.6 is 0 Å². The van der Waals surface area contributed by atoms with Gasteiger partial charge in [0.15, 0.2) is 0 Å². The lowest BCUT2D eigenvalue weighted by atomic mass is 10.1. The molecular formula is C23H24FN3O3. The van der Waals surface area contributed by atoms with Crippen LogP contribution in [-0.4, -0.2) is 28.8 Å². The molecule has 2 aromatic carbocycles. The summed E-state index contributed by atoms with van der Waals surface area (Å²) in [7, 11) is 0. The molecule has 7 heteroatoms. The van der Waals surface area contributed by atoms with E-state index in [1.807, 2.05) is 24.3 Å². The number of nitrogens with zero attached hydrogens (tertiary/aromatic N) is 2. The Morgan fingerprint density at radius 3 is 2.43 bits per heavy atom. The van der Waals surface area contributed by atoms with E-state index in [-0.39, 0.29) is 11.6 Å². The summed E-state index contributed by atoms with van der Waals surface area (Å²) in [6, 6.07) is 15.7. The van der Waals surface area contributed by atoms with E-state index in [1.165, 1.54) is 36.4 Å². The molecule has 0 fully saturated rings. The molecule has 3 rings (SSSR count). The van der Waals surface area contributed by atoms with Gasteiger partial charge in [0, 0.05) is 12.6 Å². The van der Waals surface area contributed by atoms with Gasteiger partial charge in [-0.1, -0.05) is 26.0 Å². The third kappa shape index (κ3) is 5.76. The summed E-state index contributed by atoms with van der Waals surface area (Å²) in [5.41, 5.74) is 1.15. The molecule has 0 saturated carbocycles. The van der Waals surface area contributed by atoms with E-state index in [1.54, 1.807) is 0 Å². The van der Waals surface area contributed by atoms with Gasteiger partial charge in [0.1, 0.15) is 17.3 Å². The zero-order valence-electron chi connectivity index (χ0n) is 17.0. The molecule has 1 aromatic heterocycles. The number of carbonyl (C=O) groups excluding carboxylic acids is 1. The van der Waals surface area contributed by atoms with E-state index in [9.17, 15) is 14.0 Å². The van der Waals surface area contributed by atoms with Crippen molar-refractivity contribution in [1.82, 2.24) is 15.1 Å². The van der Waals surface area contributed by atoms with Gasteiger partial charge in [-0.25, -0.2) is 4.39 Å². The van der Waals surface area contributed by atoms with Crippen molar-refractivity contribution in [1.29, 1.82) is 0 Å². The summed E-state index contributed by atoms with van der Waals surface area (Å²) in [6.07, 6.45) is 0.647. The SMILES string of the molecule is CC(C)COc1ccc(CCNC(=O)c2ccc(=O)n(-c3ccc(F)cc3)n2)cc1. The average Bonchev–Trinajstić information content (AvgIpc) is 2.74. The molecule has 0 unspecified atom stereocenters. The molecule has 30 heavy (non-hydrogen) atoms. The molecule has 156 valence electrons. The highest BCUT2D eigenvalue weighted by molar-refractivity contribution is 5.92. The number of amides is 1. The molecule has 0 saturated heterocycles. The lowest BCUT2D eigenvalue weighted by molar-refractivity contribution is 0.0947. The molecule has 0 aliphatic heterocycles. The van der Waals surface area contributed by atoms with Crippen molar-refractivity contribution in [2.24, 2.45) is 5.92 Å². The van der Waals surface area contributed by atoms with E-state index < -0.39 is 11.4 Å². The fourth-order valence-corrected chi connectivity index (χ4v) is 2.73. The third-order valence-corrected chi connectivity index (χ3v) is 4.31. The lowest BCUT2D eigenvalue weighted by Crippen LogP contribution is -2.30. The number of halogens is 1. The summed E-state index contributed by atoms with van der Waals surface area (Å²) in [6.45, 7) is 5.28. The molecule has 0 aliphatic carbocycles. The van der Waals surface area contributed by atoms with Crippen LogP contribution < -0.4 is 15.6 Å². The Labute approximate surface area is 174 Å². The van der Waals surface area contributed by atoms with Crippen LogP contribution in [0.3, 0.4) is 0 Å². The maximum atomic E-state index is 13.1. The van der Waals surface area contributed by atoms with Crippen LogP contribution in [0.15, 0.2) is 65.5 Å². The van der Waals surface area contributed by atoms with Crippen molar-refractivity contribution in [2.45, 2.75) is 20.3 Å². The first-order valence-corrected chi connectivity index (χ1v) is 9.78. The second kappa shape index (κ2) is 9.82. The second-order valence-corrected chi connectivity index (χ2v) is 7.30. The average molecular weight is 409 g/mol. The predicted octanol–water partition coefficient (Wildman–Crippen LogP) is 3.38. The summed E-state index contributed by atoms with van der Waals surface area (Å²) in [5.74, 6) is 0.484. The first kappa shape index (κ1) is 21.2. The monoisotopic (exact) mass is 409 g/mol. The van der Waals surface area contributed by atoms with E-state index in [2.05, 4.69) is 24.3 Å². The van der Waals surface area contributed by atoms with E-state index >= 15 is 0 Å². The first-order chi connectivity index (χ1) is 14.4. The fourth-order valence-electron chi connectivity index (χ4n) is 2.73. The molecule has 0 aliphatic rings. The van der Waals surface area contributed by atoms with Crippen LogP contribution in [0, 0.1) is 11.7 Å². The summed E-state index contributed by atoms with van der Waals surface area (Å²) in [5, 5.41) is 6.90. The minimum atomic E-state index is -0.416. The molecule has 1 heterocycles. The molecule has 3 aromatic rings. The van der Waals surface area contributed by atoms with Crippen LogP contribution in [-0.2, 0) is 6.42 Å². The van der Waals surface area contributed by atoms with Crippen molar-refractivity contribution in [3.63, 3.8) is 0 Å². The van der Waals surface area contributed by atoms with Crippen molar-refractivity contribution in [2.75, 3.05) is 13.2 Å². The van der Waals surface area contributed by atoms with E-state index in [0.717, 1.165) is 16.0 Å².